The van der Waals surface area contributed by atoms with Crippen molar-refractivity contribution in [2.75, 3.05) is 13.2 Å². The van der Waals surface area contributed by atoms with Crippen LogP contribution in [0.1, 0.15) is 26.7 Å². The first kappa shape index (κ1) is 8.54. The van der Waals surface area contributed by atoms with Gasteiger partial charge >= 0.3 is 0 Å². The second-order valence-electron chi connectivity index (χ2n) is 3.15. The Morgan fingerprint density at radius 1 is 1.18 bits per heavy atom. The van der Waals surface area contributed by atoms with Gasteiger partial charge in [-0.05, 0) is 26.7 Å². The van der Waals surface area contributed by atoms with Crippen LogP contribution in [0, 0.1) is 0 Å². The molecule has 1 heteroatoms. The van der Waals surface area contributed by atoms with E-state index >= 15 is 0 Å². The number of rotatable bonds is 0. The van der Waals surface area contributed by atoms with Crippen LogP contribution in [0.3, 0.4) is 0 Å². The van der Waals surface area contributed by atoms with Gasteiger partial charge in [-0.2, -0.15) is 0 Å². The molecule has 62 valence electrons. The van der Waals surface area contributed by atoms with E-state index in [2.05, 4.69) is 26.0 Å². The van der Waals surface area contributed by atoms with E-state index in [4.69, 9.17) is 4.74 Å². The van der Waals surface area contributed by atoms with Crippen LogP contribution in [0.5, 0.6) is 0 Å². The van der Waals surface area contributed by atoms with Crippen LogP contribution in [-0.4, -0.2) is 13.2 Å². The molecule has 0 fully saturated rings. The van der Waals surface area contributed by atoms with Crippen LogP contribution in [0.2, 0.25) is 0 Å². The summed E-state index contributed by atoms with van der Waals surface area (Å²) < 4.78 is 5.39. The second-order valence-corrected chi connectivity index (χ2v) is 3.15. The maximum absolute atomic E-state index is 5.39. The summed E-state index contributed by atoms with van der Waals surface area (Å²) in [7, 11) is 0. The van der Waals surface area contributed by atoms with E-state index in [9.17, 15) is 0 Å². The number of hydrogen-bond donors (Lipinski definition) is 0. The van der Waals surface area contributed by atoms with Gasteiger partial charge in [0.2, 0.25) is 0 Å². The lowest BCUT2D eigenvalue weighted by Crippen LogP contribution is -1.94. The van der Waals surface area contributed by atoms with Gasteiger partial charge in [-0.3, -0.25) is 0 Å². The highest BCUT2D eigenvalue weighted by Gasteiger charge is 1.95. The summed E-state index contributed by atoms with van der Waals surface area (Å²) in [6, 6.07) is 0. The minimum Gasteiger partial charge on any atom is -0.373 e. The summed E-state index contributed by atoms with van der Waals surface area (Å²) in [5, 5.41) is 0. The van der Waals surface area contributed by atoms with Gasteiger partial charge in [0.05, 0.1) is 13.2 Å². The molecule has 0 aromatic rings. The first-order valence-corrected chi connectivity index (χ1v) is 4.18. The molecule has 1 heterocycles. The Labute approximate surface area is 68.8 Å². The van der Waals surface area contributed by atoms with Gasteiger partial charge in [0.25, 0.3) is 0 Å². The summed E-state index contributed by atoms with van der Waals surface area (Å²) in [5.74, 6) is 0. The van der Waals surface area contributed by atoms with Gasteiger partial charge in [0.1, 0.15) is 0 Å². The molecule has 0 saturated carbocycles. The van der Waals surface area contributed by atoms with Crippen molar-refractivity contribution in [1.29, 1.82) is 0 Å². The first-order valence-electron chi connectivity index (χ1n) is 4.18. The predicted octanol–water partition coefficient (Wildman–Crippen LogP) is 2.69. The van der Waals surface area contributed by atoms with Gasteiger partial charge < -0.3 is 4.74 Å². The van der Waals surface area contributed by atoms with Crippen LogP contribution < -0.4 is 0 Å². The summed E-state index contributed by atoms with van der Waals surface area (Å²) in [4.78, 5) is 0. The molecular weight excluding hydrogens is 136 g/mol. The fourth-order valence-electron chi connectivity index (χ4n) is 1.13. The van der Waals surface area contributed by atoms with E-state index in [1.54, 1.807) is 0 Å². The highest BCUT2D eigenvalue weighted by atomic mass is 16.5. The third-order valence-electron chi connectivity index (χ3n) is 1.91. The van der Waals surface area contributed by atoms with Gasteiger partial charge in [0.15, 0.2) is 0 Å². The molecule has 1 nitrogen and oxygen atoms in total. The van der Waals surface area contributed by atoms with Crippen molar-refractivity contribution < 1.29 is 4.74 Å². The Kier molecular flexibility index (Phi) is 3.37. The average molecular weight is 152 g/mol. The van der Waals surface area contributed by atoms with E-state index in [0.717, 1.165) is 19.6 Å². The fraction of sp³-hybridized carbons (Fsp3) is 0.600. The monoisotopic (exact) mass is 152 g/mol. The minimum atomic E-state index is 0.775. The highest BCUT2D eigenvalue weighted by Crippen LogP contribution is 2.09. The first-order chi connectivity index (χ1) is 5.29. The third kappa shape index (κ3) is 3.38. The van der Waals surface area contributed by atoms with Crippen LogP contribution in [0.25, 0.3) is 0 Å². The third-order valence-corrected chi connectivity index (χ3v) is 1.91. The molecule has 1 aliphatic heterocycles. The van der Waals surface area contributed by atoms with Crippen LogP contribution in [0.4, 0.5) is 0 Å². The smallest absolute Gasteiger partial charge is 0.0678 e. The molecule has 0 aliphatic carbocycles. The molecule has 0 bridgehead atoms. The largest absolute Gasteiger partial charge is 0.373 e. The van der Waals surface area contributed by atoms with Crippen molar-refractivity contribution in [3.63, 3.8) is 0 Å². The average Bonchev–Trinajstić information content (AvgIpc) is 2.04. The zero-order chi connectivity index (χ0) is 8.10. The Bertz CT molecular complexity index is 177. The Morgan fingerprint density at radius 3 is 2.82 bits per heavy atom. The van der Waals surface area contributed by atoms with E-state index in [0.29, 0.717) is 0 Å². The SMILES string of the molecule is C/C1=C/COC/C(C)=C\CC1. The van der Waals surface area contributed by atoms with E-state index < -0.39 is 0 Å². The minimum absolute atomic E-state index is 0.775. The topological polar surface area (TPSA) is 9.23 Å². The Hall–Kier alpha value is -0.560. The lowest BCUT2D eigenvalue weighted by atomic mass is 10.1. The molecule has 0 spiro atoms. The van der Waals surface area contributed by atoms with Crippen LogP contribution >= 0.6 is 0 Å². The van der Waals surface area contributed by atoms with E-state index in [-0.39, 0.29) is 0 Å². The van der Waals surface area contributed by atoms with Crippen LogP contribution in [0.15, 0.2) is 23.3 Å². The van der Waals surface area contributed by atoms with E-state index in [1.165, 1.54) is 17.6 Å². The van der Waals surface area contributed by atoms with Gasteiger partial charge in [-0.1, -0.05) is 23.3 Å². The normalized spacial score (nSPS) is 30.4. The zero-order valence-corrected chi connectivity index (χ0v) is 7.39. The van der Waals surface area contributed by atoms with Gasteiger partial charge in [-0.15, -0.1) is 0 Å². The molecule has 0 atom stereocenters. The van der Waals surface area contributed by atoms with Crippen molar-refractivity contribution in [3.05, 3.63) is 23.3 Å². The Morgan fingerprint density at radius 2 is 2.00 bits per heavy atom. The van der Waals surface area contributed by atoms with Crippen molar-refractivity contribution in [2.45, 2.75) is 26.7 Å². The van der Waals surface area contributed by atoms with Crippen molar-refractivity contribution >= 4 is 0 Å². The maximum atomic E-state index is 5.39. The summed E-state index contributed by atoms with van der Waals surface area (Å²) in [5.41, 5.74) is 2.80. The maximum Gasteiger partial charge on any atom is 0.0678 e. The zero-order valence-electron chi connectivity index (χ0n) is 7.39. The lowest BCUT2D eigenvalue weighted by molar-refractivity contribution is 0.186. The molecule has 0 radical (unpaired) electrons. The molecule has 0 aromatic heterocycles. The quantitative estimate of drug-likeness (QED) is 0.485. The molecule has 1 rings (SSSR count). The predicted molar refractivity (Wildman–Crippen MR) is 47.6 cm³/mol. The molecule has 11 heavy (non-hydrogen) atoms. The second kappa shape index (κ2) is 4.35. The molecule has 0 amide bonds. The highest BCUT2D eigenvalue weighted by molar-refractivity contribution is 5.05. The molecule has 0 aromatic carbocycles. The molecular formula is C10H16O. The summed E-state index contributed by atoms with van der Waals surface area (Å²) >= 11 is 0. The van der Waals surface area contributed by atoms with Crippen LogP contribution in [-0.2, 0) is 4.74 Å². The van der Waals surface area contributed by atoms with Crippen molar-refractivity contribution in [3.8, 4) is 0 Å². The van der Waals surface area contributed by atoms with Gasteiger partial charge in [-0.25, -0.2) is 0 Å². The molecule has 0 saturated heterocycles. The Balaban J connectivity index is 2.49. The number of hydrogen-bond acceptors (Lipinski definition) is 1. The molecule has 0 N–H and O–H groups in total. The standard InChI is InChI=1S/C10H16O/c1-9-4-3-5-10(2)8-11-7-6-9/h5-6H,3-4,7-8H2,1-2H3/b9-6-,10-5-. The van der Waals surface area contributed by atoms with Gasteiger partial charge in [0, 0.05) is 0 Å². The van der Waals surface area contributed by atoms with E-state index in [1.807, 2.05) is 0 Å². The number of allylic oxidation sites excluding steroid dienone is 2. The fourth-order valence-corrected chi connectivity index (χ4v) is 1.13. The van der Waals surface area contributed by atoms with Crippen molar-refractivity contribution in [1.82, 2.24) is 0 Å². The number of ether oxygens (including phenoxy) is 1. The summed E-state index contributed by atoms with van der Waals surface area (Å²) in [6.45, 7) is 5.86. The summed E-state index contributed by atoms with van der Waals surface area (Å²) in [6.07, 6.45) is 6.79. The lowest BCUT2D eigenvalue weighted by Gasteiger charge is -1.98. The molecule has 0 unspecified atom stereocenters. The van der Waals surface area contributed by atoms with Crippen molar-refractivity contribution in [2.24, 2.45) is 0 Å². The molecule has 1 aliphatic rings.